The molecule has 0 unspecified atom stereocenters. The van der Waals surface area contributed by atoms with Crippen molar-refractivity contribution in [2.75, 3.05) is 0 Å². The SMILES string of the molecule is CCc1c(-c2ccccc2)n(C)c(=O)c2c1c1ccccc1n2C. The Morgan fingerprint density at radius 1 is 0.875 bits per heavy atom. The molecule has 0 atom stereocenters. The van der Waals surface area contributed by atoms with E-state index in [-0.39, 0.29) is 5.56 Å². The van der Waals surface area contributed by atoms with Crippen molar-refractivity contribution < 1.29 is 0 Å². The van der Waals surface area contributed by atoms with Crippen LogP contribution in [-0.2, 0) is 20.5 Å². The summed E-state index contributed by atoms with van der Waals surface area (Å²) in [6.45, 7) is 2.16. The first-order valence-corrected chi connectivity index (χ1v) is 8.29. The second-order valence-electron chi connectivity index (χ2n) is 6.21. The number of aromatic nitrogens is 2. The molecule has 24 heavy (non-hydrogen) atoms. The number of pyridine rings is 1. The molecular weight excluding hydrogens is 296 g/mol. The summed E-state index contributed by atoms with van der Waals surface area (Å²) in [7, 11) is 3.86. The first-order chi connectivity index (χ1) is 11.6. The van der Waals surface area contributed by atoms with Crippen LogP contribution in [0, 0.1) is 0 Å². The van der Waals surface area contributed by atoms with Crippen LogP contribution in [0.1, 0.15) is 12.5 Å². The molecule has 2 aromatic heterocycles. The van der Waals surface area contributed by atoms with Gasteiger partial charge in [-0.1, -0.05) is 55.5 Å². The zero-order chi connectivity index (χ0) is 16.8. The smallest absolute Gasteiger partial charge is 0.275 e. The zero-order valence-corrected chi connectivity index (χ0v) is 14.2. The molecule has 0 aliphatic rings. The van der Waals surface area contributed by atoms with E-state index in [9.17, 15) is 4.79 Å². The first kappa shape index (κ1) is 14.8. The van der Waals surface area contributed by atoms with Gasteiger partial charge in [0.15, 0.2) is 0 Å². The average molecular weight is 316 g/mol. The standard InChI is InChI=1S/C21H20N2O/c1-4-15-18-16-12-8-9-13-17(16)22(2)20(18)21(24)23(3)19(15)14-10-6-5-7-11-14/h5-13H,4H2,1-3H3. The van der Waals surface area contributed by atoms with Gasteiger partial charge in [-0.15, -0.1) is 0 Å². The number of aryl methyl sites for hydroxylation is 2. The topological polar surface area (TPSA) is 26.9 Å². The Balaban J connectivity index is 2.30. The number of benzene rings is 2. The van der Waals surface area contributed by atoms with Gasteiger partial charge in [0.2, 0.25) is 0 Å². The minimum Gasteiger partial charge on any atom is -0.339 e. The van der Waals surface area contributed by atoms with Crippen LogP contribution in [0.25, 0.3) is 33.1 Å². The van der Waals surface area contributed by atoms with Crippen LogP contribution in [0.3, 0.4) is 0 Å². The fourth-order valence-corrected chi connectivity index (χ4v) is 3.84. The largest absolute Gasteiger partial charge is 0.339 e. The normalized spacial score (nSPS) is 11.5. The maximum absolute atomic E-state index is 13.1. The average Bonchev–Trinajstić information content (AvgIpc) is 2.92. The predicted molar refractivity (Wildman–Crippen MR) is 100 cm³/mol. The number of nitrogens with zero attached hydrogens (tertiary/aromatic N) is 2. The number of fused-ring (bicyclic) bond motifs is 3. The summed E-state index contributed by atoms with van der Waals surface area (Å²) < 4.78 is 3.83. The zero-order valence-electron chi connectivity index (χ0n) is 14.2. The van der Waals surface area contributed by atoms with Gasteiger partial charge in [-0.25, -0.2) is 0 Å². The summed E-state index contributed by atoms with van der Waals surface area (Å²) in [6, 6.07) is 18.5. The lowest BCUT2D eigenvalue weighted by Crippen LogP contribution is -2.22. The highest BCUT2D eigenvalue weighted by Gasteiger charge is 2.20. The van der Waals surface area contributed by atoms with Crippen molar-refractivity contribution in [3.8, 4) is 11.3 Å². The Bertz CT molecular complexity index is 1120. The lowest BCUT2D eigenvalue weighted by Gasteiger charge is -2.15. The number of rotatable bonds is 2. The van der Waals surface area contributed by atoms with Gasteiger partial charge in [-0.05, 0) is 23.6 Å². The summed E-state index contributed by atoms with van der Waals surface area (Å²) >= 11 is 0. The fourth-order valence-electron chi connectivity index (χ4n) is 3.84. The second kappa shape index (κ2) is 5.38. The van der Waals surface area contributed by atoms with E-state index in [1.54, 1.807) is 4.57 Å². The Hall–Kier alpha value is -2.81. The van der Waals surface area contributed by atoms with E-state index in [2.05, 4.69) is 31.2 Å². The van der Waals surface area contributed by atoms with Gasteiger partial charge in [-0.3, -0.25) is 4.79 Å². The van der Waals surface area contributed by atoms with Gasteiger partial charge in [0, 0.05) is 30.4 Å². The number of para-hydroxylation sites is 1. The Morgan fingerprint density at radius 3 is 2.25 bits per heavy atom. The van der Waals surface area contributed by atoms with Crippen LogP contribution in [0.4, 0.5) is 0 Å². The molecule has 2 heterocycles. The molecule has 0 N–H and O–H groups in total. The maximum Gasteiger partial charge on any atom is 0.275 e. The summed E-state index contributed by atoms with van der Waals surface area (Å²) in [5.74, 6) is 0. The lowest BCUT2D eigenvalue weighted by molar-refractivity contribution is 0.854. The highest BCUT2D eigenvalue weighted by atomic mass is 16.1. The summed E-state index contributed by atoms with van der Waals surface area (Å²) in [5.41, 5.74) is 5.28. The van der Waals surface area contributed by atoms with E-state index in [1.165, 1.54) is 5.56 Å². The highest BCUT2D eigenvalue weighted by molar-refractivity contribution is 6.10. The maximum atomic E-state index is 13.1. The van der Waals surface area contributed by atoms with Crippen molar-refractivity contribution in [3.05, 3.63) is 70.5 Å². The molecule has 0 spiro atoms. The molecule has 0 saturated carbocycles. The van der Waals surface area contributed by atoms with Crippen molar-refractivity contribution in [1.82, 2.24) is 9.13 Å². The van der Waals surface area contributed by atoms with Gasteiger partial charge in [0.05, 0.1) is 5.69 Å². The van der Waals surface area contributed by atoms with Gasteiger partial charge >= 0.3 is 0 Å². The summed E-state index contributed by atoms with van der Waals surface area (Å²) in [4.78, 5) is 13.1. The van der Waals surface area contributed by atoms with E-state index in [0.29, 0.717) is 0 Å². The number of hydrogen-bond donors (Lipinski definition) is 0. The van der Waals surface area contributed by atoms with Crippen LogP contribution in [0.15, 0.2) is 59.4 Å². The molecule has 2 aromatic carbocycles. The van der Waals surface area contributed by atoms with Crippen molar-refractivity contribution in [2.45, 2.75) is 13.3 Å². The van der Waals surface area contributed by atoms with Crippen LogP contribution >= 0.6 is 0 Å². The number of hydrogen-bond acceptors (Lipinski definition) is 1. The van der Waals surface area contributed by atoms with E-state index in [4.69, 9.17) is 0 Å². The molecule has 0 saturated heterocycles. The molecule has 4 aromatic rings. The molecule has 120 valence electrons. The van der Waals surface area contributed by atoms with Crippen LogP contribution in [0.2, 0.25) is 0 Å². The molecule has 0 bridgehead atoms. The monoisotopic (exact) mass is 316 g/mol. The Labute approximate surface area is 140 Å². The third kappa shape index (κ3) is 1.88. The van der Waals surface area contributed by atoms with E-state index in [1.807, 2.05) is 49.0 Å². The van der Waals surface area contributed by atoms with E-state index >= 15 is 0 Å². The van der Waals surface area contributed by atoms with Crippen molar-refractivity contribution >= 4 is 21.8 Å². The molecule has 0 radical (unpaired) electrons. The van der Waals surface area contributed by atoms with Gasteiger partial charge in [0.25, 0.3) is 5.56 Å². The quantitative estimate of drug-likeness (QED) is 0.543. The van der Waals surface area contributed by atoms with Gasteiger partial charge in [-0.2, -0.15) is 0 Å². The van der Waals surface area contributed by atoms with Crippen molar-refractivity contribution in [1.29, 1.82) is 0 Å². The van der Waals surface area contributed by atoms with Crippen LogP contribution in [0.5, 0.6) is 0 Å². The van der Waals surface area contributed by atoms with Gasteiger partial charge < -0.3 is 9.13 Å². The van der Waals surface area contributed by atoms with Crippen LogP contribution in [-0.4, -0.2) is 9.13 Å². The van der Waals surface area contributed by atoms with Gasteiger partial charge in [0.1, 0.15) is 5.52 Å². The molecule has 3 heteroatoms. The second-order valence-corrected chi connectivity index (χ2v) is 6.21. The fraction of sp³-hybridized carbons (Fsp3) is 0.190. The Kier molecular flexibility index (Phi) is 3.31. The third-order valence-electron chi connectivity index (χ3n) is 4.94. The van der Waals surface area contributed by atoms with Crippen molar-refractivity contribution in [3.63, 3.8) is 0 Å². The molecule has 0 amide bonds. The molecule has 3 nitrogen and oxygen atoms in total. The Morgan fingerprint density at radius 2 is 1.54 bits per heavy atom. The molecule has 4 rings (SSSR count). The minimum absolute atomic E-state index is 0.0553. The molecule has 0 fully saturated rings. The highest BCUT2D eigenvalue weighted by Crippen LogP contribution is 2.34. The molecule has 0 aliphatic heterocycles. The molecular formula is C21H20N2O. The minimum atomic E-state index is 0.0553. The van der Waals surface area contributed by atoms with Crippen LogP contribution < -0.4 is 5.56 Å². The predicted octanol–water partition coefficient (Wildman–Crippen LogP) is 4.26. The lowest BCUT2D eigenvalue weighted by atomic mass is 9.98. The first-order valence-electron chi connectivity index (χ1n) is 8.29. The van der Waals surface area contributed by atoms with E-state index < -0.39 is 0 Å². The molecule has 0 aliphatic carbocycles. The van der Waals surface area contributed by atoms with Crippen molar-refractivity contribution in [2.24, 2.45) is 14.1 Å². The van der Waals surface area contributed by atoms with E-state index in [0.717, 1.165) is 39.5 Å². The third-order valence-corrected chi connectivity index (χ3v) is 4.94. The summed E-state index contributed by atoms with van der Waals surface area (Å²) in [6.07, 6.45) is 0.878. The summed E-state index contributed by atoms with van der Waals surface area (Å²) in [5, 5.41) is 2.25.